The molecule has 2 rings (SSSR count). The van der Waals surface area contributed by atoms with Gasteiger partial charge >= 0.3 is 12.2 Å². The fraction of sp³-hybridized carbons (Fsp3) is 0.625. The van der Waals surface area contributed by atoms with Gasteiger partial charge in [0.05, 0.1) is 5.92 Å². The molecule has 2 N–H and O–H groups in total. The number of carbonyl (C=O) groups excluding carboxylic acids is 1. The van der Waals surface area contributed by atoms with Gasteiger partial charge in [0.2, 0.25) is 0 Å². The summed E-state index contributed by atoms with van der Waals surface area (Å²) >= 11 is 0. The van der Waals surface area contributed by atoms with Crippen molar-refractivity contribution in [1.82, 2.24) is 15.6 Å². The maximum atomic E-state index is 12.7. The van der Waals surface area contributed by atoms with Gasteiger partial charge in [0.25, 0.3) is 0 Å². The third-order valence-electron chi connectivity index (χ3n) is 4.14. The molecule has 7 heteroatoms. The summed E-state index contributed by atoms with van der Waals surface area (Å²) in [5.41, 5.74) is 1.93. The van der Waals surface area contributed by atoms with Gasteiger partial charge in [0.1, 0.15) is 0 Å². The Balaban J connectivity index is 1.71. The average Bonchev–Trinajstić information content (AvgIpc) is 2.49. The molecule has 0 saturated heterocycles. The molecule has 128 valence electrons. The molecule has 0 bridgehead atoms. The van der Waals surface area contributed by atoms with Crippen LogP contribution in [-0.2, 0) is 6.42 Å². The van der Waals surface area contributed by atoms with Crippen molar-refractivity contribution in [2.24, 2.45) is 5.92 Å². The number of amides is 2. The largest absolute Gasteiger partial charge is 0.391 e. The Kier molecular flexibility index (Phi) is 5.85. The minimum absolute atomic E-state index is 0.0290. The lowest BCUT2D eigenvalue weighted by molar-refractivity contribution is -0.183. The Hall–Kier alpha value is -1.79. The number of carbonyl (C=O) groups is 1. The Morgan fingerprint density at radius 3 is 2.78 bits per heavy atom. The molecule has 4 nitrogen and oxygen atoms in total. The van der Waals surface area contributed by atoms with E-state index in [-0.39, 0.29) is 12.8 Å². The molecule has 23 heavy (non-hydrogen) atoms. The third kappa shape index (κ3) is 5.73. The second kappa shape index (κ2) is 7.66. The minimum atomic E-state index is -4.17. The van der Waals surface area contributed by atoms with Gasteiger partial charge in [-0.15, -0.1) is 0 Å². The molecule has 2 amide bonds. The van der Waals surface area contributed by atoms with Gasteiger partial charge in [-0.25, -0.2) is 4.79 Å². The molecule has 1 aliphatic rings. The fourth-order valence-corrected chi connectivity index (χ4v) is 2.82. The van der Waals surface area contributed by atoms with E-state index < -0.39 is 24.2 Å². The van der Waals surface area contributed by atoms with E-state index in [1.807, 2.05) is 19.1 Å². The molecular weight excluding hydrogens is 307 g/mol. The molecule has 2 atom stereocenters. The molecule has 1 aliphatic carbocycles. The highest BCUT2D eigenvalue weighted by Crippen LogP contribution is 2.37. The van der Waals surface area contributed by atoms with Gasteiger partial charge in [0, 0.05) is 24.5 Å². The molecule has 1 fully saturated rings. The molecule has 1 aromatic heterocycles. The van der Waals surface area contributed by atoms with Crippen molar-refractivity contribution >= 4 is 6.03 Å². The van der Waals surface area contributed by atoms with Crippen LogP contribution in [0.25, 0.3) is 0 Å². The van der Waals surface area contributed by atoms with E-state index >= 15 is 0 Å². The number of rotatable bonds is 4. The normalized spacial score (nSPS) is 21.7. The highest BCUT2D eigenvalue weighted by Gasteiger charge is 2.42. The topological polar surface area (TPSA) is 54.0 Å². The van der Waals surface area contributed by atoms with Crippen LogP contribution < -0.4 is 10.6 Å². The van der Waals surface area contributed by atoms with E-state index in [1.54, 1.807) is 6.20 Å². The summed E-state index contributed by atoms with van der Waals surface area (Å²) in [5, 5.41) is 5.34. The van der Waals surface area contributed by atoms with Gasteiger partial charge in [-0.1, -0.05) is 12.5 Å². The monoisotopic (exact) mass is 329 g/mol. The van der Waals surface area contributed by atoms with Crippen LogP contribution in [0.1, 0.15) is 36.9 Å². The van der Waals surface area contributed by atoms with Crippen molar-refractivity contribution in [1.29, 1.82) is 0 Å². The van der Waals surface area contributed by atoms with E-state index in [2.05, 4.69) is 15.6 Å². The Morgan fingerprint density at radius 1 is 1.35 bits per heavy atom. The summed E-state index contributed by atoms with van der Waals surface area (Å²) in [6.45, 7) is 2.32. The zero-order chi connectivity index (χ0) is 16.9. The van der Waals surface area contributed by atoms with E-state index in [0.29, 0.717) is 25.8 Å². The number of halogens is 3. The van der Waals surface area contributed by atoms with Crippen LogP contribution in [0.15, 0.2) is 18.3 Å². The number of nitrogens with zero attached hydrogens (tertiary/aromatic N) is 1. The zero-order valence-corrected chi connectivity index (χ0v) is 13.1. The van der Waals surface area contributed by atoms with Crippen molar-refractivity contribution in [2.45, 2.75) is 51.2 Å². The van der Waals surface area contributed by atoms with Gasteiger partial charge in [-0.3, -0.25) is 4.98 Å². The quantitative estimate of drug-likeness (QED) is 0.890. The predicted molar refractivity (Wildman–Crippen MR) is 81.0 cm³/mol. The van der Waals surface area contributed by atoms with Crippen LogP contribution >= 0.6 is 0 Å². The molecule has 0 unspecified atom stereocenters. The Bertz CT molecular complexity index is 516. The predicted octanol–water partition coefficient (Wildman–Crippen LogP) is 3.35. The first-order valence-electron chi connectivity index (χ1n) is 7.87. The highest BCUT2D eigenvalue weighted by molar-refractivity contribution is 5.74. The lowest BCUT2D eigenvalue weighted by Crippen LogP contribution is -2.46. The van der Waals surface area contributed by atoms with Crippen molar-refractivity contribution < 1.29 is 18.0 Å². The number of hydrogen-bond donors (Lipinski definition) is 2. The highest BCUT2D eigenvalue weighted by atomic mass is 19.4. The number of aromatic nitrogens is 1. The minimum Gasteiger partial charge on any atom is -0.338 e. The SMILES string of the molecule is Cc1ccc(CCNC(=O)N[C@H]2CCC[C@H](C(F)(F)F)C2)cn1. The van der Waals surface area contributed by atoms with Gasteiger partial charge in [0.15, 0.2) is 0 Å². The van der Waals surface area contributed by atoms with E-state index in [0.717, 1.165) is 11.3 Å². The van der Waals surface area contributed by atoms with Crippen LogP contribution in [0.4, 0.5) is 18.0 Å². The second-order valence-corrected chi connectivity index (χ2v) is 6.06. The molecule has 0 radical (unpaired) electrons. The summed E-state index contributed by atoms with van der Waals surface area (Å²) in [4.78, 5) is 16.0. The van der Waals surface area contributed by atoms with Crippen LogP contribution in [0.2, 0.25) is 0 Å². The fourth-order valence-electron chi connectivity index (χ4n) is 2.82. The van der Waals surface area contributed by atoms with Crippen LogP contribution in [0.5, 0.6) is 0 Å². The number of aryl methyl sites for hydroxylation is 1. The maximum Gasteiger partial charge on any atom is 0.391 e. The first-order chi connectivity index (χ1) is 10.8. The number of hydrogen-bond acceptors (Lipinski definition) is 2. The van der Waals surface area contributed by atoms with Crippen molar-refractivity contribution in [3.63, 3.8) is 0 Å². The standard InChI is InChI=1S/C16H22F3N3O/c1-11-5-6-12(10-21-11)7-8-20-15(23)22-14-4-2-3-13(9-14)16(17,18)19/h5-6,10,13-14H,2-4,7-9H2,1H3,(H2,20,22,23)/t13-,14-/m0/s1. The summed E-state index contributed by atoms with van der Waals surface area (Å²) in [6, 6.07) is 3.03. The van der Waals surface area contributed by atoms with E-state index in [9.17, 15) is 18.0 Å². The van der Waals surface area contributed by atoms with Gasteiger partial charge < -0.3 is 10.6 Å². The van der Waals surface area contributed by atoms with Gasteiger partial charge in [-0.2, -0.15) is 13.2 Å². The molecule has 1 heterocycles. The molecular formula is C16H22F3N3O. The van der Waals surface area contributed by atoms with Crippen molar-refractivity contribution in [3.05, 3.63) is 29.6 Å². The van der Waals surface area contributed by atoms with Crippen LogP contribution in [0, 0.1) is 12.8 Å². The molecule has 1 aromatic rings. The number of alkyl halides is 3. The summed E-state index contributed by atoms with van der Waals surface area (Å²) in [7, 11) is 0. The summed E-state index contributed by atoms with van der Waals surface area (Å²) in [5.74, 6) is -1.31. The first-order valence-corrected chi connectivity index (χ1v) is 7.87. The lowest BCUT2D eigenvalue weighted by Gasteiger charge is -2.31. The zero-order valence-electron chi connectivity index (χ0n) is 13.1. The average molecular weight is 329 g/mol. The summed E-state index contributed by atoms with van der Waals surface area (Å²) in [6.07, 6.45) is -0.565. The smallest absolute Gasteiger partial charge is 0.338 e. The number of urea groups is 1. The first kappa shape index (κ1) is 17.6. The lowest BCUT2D eigenvalue weighted by atomic mass is 9.85. The van der Waals surface area contributed by atoms with Crippen molar-refractivity contribution in [3.8, 4) is 0 Å². The maximum absolute atomic E-state index is 12.7. The molecule has 1 saturated carbocycles. The van der Waals surface area contributed by atoms with E-state index in [1.165, 1.54) is 0 Å². The third-order valence-corrected chi connectivity index (χ3v) is 4.14. The second-order valence-electron chi connectivity index (χ2n) is 6.06. The van der Waals surface area contributed by atoms with Crippen LogP contribution in [0.3, 0.4) is 0 Å². The Labute approximate surface area is 133 Å². The van der Waals surface area contributed by atoms with Gasteiger partial charge in [-0.05, 0) is 44.2 Å². The Morgan fingerprint density at radius 2 is 2.13 bits per heavy atom. The van der Waals surface area contributed by atoms with Crippen LogP contribution in [-0.4, -0.2) is 29.8 Å². The van der Waals surface area contributed by atoms with E-state index in [4.69, 9.17) is 0 Å². The molecule has 0 aliphatic heterocycles. The number of pyridine rings is 1. The molecule has 0 aromatic carbocycles. The summed E-state index contributed by atoms with van der Waals surface area (Å²) < 4.78 is 38.2. The van der Waals surface area contributed by atoms with Crippen molar-refractivity contribution in [2.75, 3.05) is 6.54 Å². The molecule has 0 spiro atoms. The number of nitrogens with one attached hydrogen (secondary N) is 2.